The number of rotatable bonds is 6. The summed E-state index contributed by atoms with van der Waals surface area (Å²) in [6, 6.07) is 7.82. The Balaban J connectivity index is 0.00000441. The molecule has 1 aromatic rings. The fourth-order valence-electron chi connectivity index (χ4n) is 2.30. The Labute approximate surface area is 140 Å². The number of ether oxygens (including phenoxy) is 1. The standard InChI is InChI=1S/C17H28N2O2.ClH/c1-12(11-18-5)16(20)19-15(17(2,3)4)13-8-7-9-14(10-13)21-6;/h7-10,12,15,18H,11H2,1-6H3,(H,19,20);1H. The van der Waals surface area contributed by atoms with Crippen molar-refractivity contribution in [2.24, 2.45) is 11.3 Å². The Morgan fingerprint density at radius 1 is 1.32 bits per heavy atom. The monoisotopic (exact) mass is 328 g/mol. The van der Waals surface area contributed by atoms with Gasteiger partial charge in [-0.3, -0.25) is 4.79 Å². The largest absolute Gasteiger partial charge is 0.497 e. The highest BCUT2D eigenvalue weighted by Crippen LogP contribution is 2.34. The van der Waals surface area contributed by atoms with Crippen molar-refractivity contribution in [3.63, 3.8) is 0 Å². The first-order valence-electron chi connectivity index (χ1n) is 7.38. The summed E-state index contributed by atoms with van der Waals surface area (Å²) >= 11 is 0. The highest BCUT2D eigenvalue weighted by atomic mass is 35.5. The third-order valence-corrected chi connectivity index (χ3v) is 3.54. The number of methoxy groups -OCH3 is 1. The van der Waals surface area contributed by atoms with Crippen molar-refractivity contribution in [2.45, 2.75) is 33.7 Å². The summed E-state index contributed by atoms with van der Waals surface area (Å²) < 4.78 is 5.29. The van der Waals surface area contributed by atoms with Gasteiger partial charge in [-0.15, -0.1) is 12.4 Å². The van der Waals surface area contributed by atoms with Gasteiger partial charge in [-0.2, -0.15) is 0 Å². The molecule has 0 bridgehead atoms. The first-order chi connectivity index (χ1) is 9.79. The fourth-order valence-corrected chi connectivity index (χ4v) is 2.30. The van der Waals surface area contributed by atoms with Crippen LogP contribution in [0.5, 0.6) is 5.75 Å². The van der Waals surface area contributed by atoms with E-state index in [0.29, 0.717) is 6.54 Å². The Kier molecular flexibility index (Phi) is 8.49. The van der Waals surface area contributed by atoms with Crippen molar-refractivity contribution >= 4 is 18.3 Å². The SMILES string of the molecule is CNCC(C)C(=O)NC(c1cccc(OC)c1)C(C)(C)C.Cl. The Bertz CT molecular complexity index is 472. The second-order valence-corrected chi connectivity index (χ2v) is 6.54. The minimum absolute atomic E-state index is 0. The van der Waals surface area contributed by atoms with Crippen LogP contribution in [0.3, 0.4) is 0 Å². The fraction of sp³-hybridized carbons (Fsp3) is 0.588. The minimum Gasteiger partial charge on any atom is -0.497 e. The molecular formula is C17H29ClN2O2. The summed E-state index contributed by atoms with van der Waals surface area (Å²) in [5, 5.41) is 6.21. The molecule has 1 rings (SSSR count). The van der Waals surface area contributed by atoms with Crippen molar-refractivity contribution in [1.82, 2.24) is 10.6 Å². The Morgan fingerprint density at radius 3 is 2.45 bits per heavy atom. The summed E-state index contributed by atoms with van der Waals surface area (Å²) in [4.78, 5) is 12.3. The van der Waals surface area contributed by atoms with Crippen molar-refractivity contribution < 1.29 is 9.53 Å². The van der Waals surface area contributed by atoms with Gasteiger partial charge in [-0.1, -0.05) is 39.8 Å². The molecule has 1 aromatic carbocycles. The second-order valence-electron chi connectivity index (χ2n) is 6.54. The van der Waals surface area contributed by atoms with E-state index in [2.05, 4.69) is 31.4 Å². The molecule has 2 atom stereocenters. The van der Waals surface area contributed by atoms with E-state index < -0.39 is 0 Å². The summed E-state index contributed by atoms with van der Waals surface area (Å²) in [7, 11) is 3.51. The molecule has 5 heteroatoms. The summed E-state index contributed by atoms with van der Waals surface area (Å²) in [6.45, 7) is 8.97. The zero-order chi connectivity index (χ0) is 16.0. The number of hydrogen-bond donors (Lipinski definition) is 2. The third-order valence-electron chi connectivity index (χ3n) is 3.54. The minimum atomic E-state index is -0.0820. The van der Waals surface area contributed by atoms with Gasteiger partial charge in [0.15, 0.2) is 0 Å². The van der Waals surface area contributed by atoms with E-state index in [1.165, 1.54) is 0 Å². The van der Waals surface area contributed by atoms with Crippen LogP contribution in [-0.4, -0.2) is 26.6 Å². The van der Waals surface area contributed by atoms with Crippen LogP contribution < -0.4 is 15.4 Å². The van der Waals surface area contributed by atoms with Crippen LogP contribution in [0.1, 0.15) is 39.3 Å². The maximum absolute atomic E-state index is 12.3. The van der Waals surface area contributed by atoms with Crippen molar-refractivity contribution in [1.29, 1.82) is 0 Å². The molecule has 4 nitrogen and oxygen atoms in total. The second kappa shape index (κ2) is 9.01. The molecule has 0 aromatic heterocycles. The van der Waals surface area contributed by atoms with E-state index in [-0.39, 0.29) is 35.7 Å². The lowest BCUT2D eigenvalue weighted by molar-refractivity contribution is -0.125. The molecule has 22 heavy (non-hydrogen) atoms. The topological polar surface area (TPSA) is 50.4 Å². The number of halogens is 1. The highest BCUT2D eigenvalue weighted by Gasteiger charge is 2.29. The van der Waals surface area contributed by atoms with E-state index >= 15 is 0 Å². The van der Waals surface area contributed by atoms with Crippen LogP contribution in [0, 0.1) is 11.3 Å². The number of nitrogens with one attached hydrogen (secondary N) is 2. The Morgan fingerprint density at radius 2 is 1.95 bits per heavy atom. The van der Waals surface area contributed by atoms with E-state index in [1.54, 1.807) is 7.11 Å². The smallest absolute Gasteiger partial charge is 0.224 e. The predicted molar refractivity (Wildman–Crippen MR) is 93.7 cm³/mol. The lowest BCUT2D eigenvalue weighted by Gasteiger charge is -2.33. The molecule has 0 radical (unpaired) electrons. The molecule has 1 amide bonds. The number of benzene rings is 1. The van der Waals surface area contributed by atoms with Crippen molar-refractivity contribution in [2.75, 3.05) is 20.7 Å². The van der Waals surface area contributed by atoms with Gasteiger partial charge >= 0.3 is 0 Å². The van der Waals surface area contributed by atoms with Gasteiger partial charge in [0.2, 0.25) is 5.91 Å². The zero-order valence-corrected chi connectivity index (χ0v) is 15.2. The quantitative estimate of drug-likeness (QED) is 0.843. The van der Waals surface area contributed by atoms with Gasteiger partial charge in [0.1, 0.15) is 5.75 Å². The predicted octanol–water partition coefficient (Wildman–Crippen LogP) is 3.18. The molecule has 0 heterocycles. The zero-order valence-electron chi connectivity index (χ0n) is 14.4. The molecule has 2 N–H and O–H groups in total. The maximum Gasteiger partial charge on any atom is 0.224 e. The highest BCUT2D eigenvalue weighted by molar-refractivity contribution is 5.85. The van der Waals surface area contributed by atoms with Crippen molar-refractivity contribution in [3.8, 4) is 5.75 Å². The normalized spacial score (nSPS) is 13.7. The van der Waals surface area contributed by atoms with Crippen LogP contribution in [0.2, 0.25) is 0 Å². The average Bonchev–Trinajstić information content (AvgIpc) is 2.43. The average molecular weight is 329 g/mol. The molecule has 0 spiro atoms. The lowest BCUT2D eigenvalue weighted by atomic mass is 9.82. The van der Waals surface area contributed by atoms with Gasteiger partial charge < -0.3 is 15.4 Å². The number of amides is 1. The van der Waals surface area contributed by atoms with Gasteiger partial charge in [0, 0.05) is 12.5 Å². The summed E-state index contributed by atoms with van der Waals surface area (Å²) in [5.74, 6) is 0.803. The molecule has 0 aliphatic carbocycles. The van der Waals surface area contributed by atoms with Crippen LogP contribution in [0.4, 0.5) is 0 Å². The van der Waals surface area contributed by atoms with E-state index in [1.807, 2.05) is 38.2 Å². The Hall–Kier alpha value is -1.26. The first-order valence-corrected chi connectivity index (χ1v) is 7.38. The number of carbonyl (C=O) groups is 1. The van der Waals surface area contributed by atoms with Crippen LogP contribution in [0.15, 0.2) is 24.3 Å². The molecule has 0 aliphatic heterocycles. The number of hydrogen-bond acceptors (Lipinski definition) is 3. The van der Waals surface area contributed by atoms with E-state index in [9.17, 15) is 4.79 Å². The van der Waals surface area contributed by atoms with Gasteiger partial charge in [0.25, 0.3) is 0 Å². The molecule has 2 unspecified atom stereocenters. The van der Waals surface area contributed by atoms with Gasteiger partial charge in [-0.25, -0.2) is 0 Å². The van der Waals surface area contributed by atoms with Gasteiger partial charge in [-0.05, 0) is 30.2 Å². The van der Waals surface area contributed by atoms with Crippen LogP contribution >= 0.6 is 12.4 Å². The molecule has 126 valence electrons. The van der Waals surface area contributed by atoms with E-state index in [0.717, 1.165) is 11.3 Å². The molecule has 0 aliphatic rings. The van der Waals surface area contributed by atoms with Crippen molar-refractivity contribution in [3.05, 3.63) is 29.8 Å². The molecule has 0 saturated carbocycles. The molecule has 0 saturated heterocycles. The summed E-state index contributed by atoms with van der Waals surface area (Å²) in [6.07, 6.45) is 0. The number of carbonyl (C=O) groups excluding carboxylic acids is 1. The van der Waals surface area contributed by atoms with Crippen LogP contribution in [0.25, 0.3) is 0 Å². The van der Waals surface area contributed by atoms with Gasteiger partial charge in [0.05, 0.1) is 13.2 Å². The lowest BCUT2D eigenvalue weighted by Crippen LogP contribution is -2.41. The van der Waals surface area contributed by atoms with E-state index in [4.69, 9.17) is 4.74 Å². The third kappa shape index (κ3) is 5.85. The molecule has 0 fully saturated rings. The first kappa shape index (κ1) is 20.7. The maximum atomic E-state index is 12.3. The van der Waals surface area contributed by atoms with Crippen LogP contribution in [-0.2, 0) is 4.79 Å². The molecular weight excluding hydrogens is 300 g/mol. The summed E-state index contributed by atoms with van der Waals surface area (Å²) in [5.41, 5.74) is 0.980.